The molecule has 8 heteroatoms. The van der Waals surface area contributed by atoms with Crippen molar-refractivity contribution in [2.75, 3.05) is 19.3 Å². The first-order valence-electron chi connectivity index (χ1n) is 8.75. The summed E-state index contributed by atoms with van der Waals surface area (Å²) in [5, 5.41) is 4.57. The average molecular weight is 371 g/mol. The minimum absolute atomic E-state index is 0.0808. The van der Waals surface area contributed by atoms with Crippen molar-refractivity contribution in [1.82, 2.24) is 19.4 Å². The van der Waals surface area contributed by atoms with E-state index in [9.17, 15) is 13.2 Å². The zero-order valence-electron chi connectivity index (χ0n) is 16.0. The predicted molar refractivity (Wildman–Crippen MR) is 98.2 cm³/mol. The molecule has 2 heterocycles. The fraction of sp³-hybridized carbons (Fsp3) is 0.765. The zero-order valence-corrected chi connectivity index (χ0v) is 16.9. The van der Waals surface area contributed by atoms with Gasteiger partial charge in [0.1, 0.15) is 0 Å². The van der Waals surface area contributed by atoms with Gasteiger partial charge in [0.2, 0.25) is 10.0 Å². The molecule has 25 heavy (non-hydrogen) atoms. The summed E-state index contributed by atoms with van der Waals surface area (Å²) in [6, 6.07) is 1.79. The van der Waals surface area contributed by atoms with Crippen LogP contribution in [0.2, 0.25) is 0 Å². The Morgan fingerprint density at radius 2 is 1.84 bits per heavy atom. The van der Waals surface area contributed by atoms with Gasteiger partial charge in [0, 0.05) is 24.8 Å². The maximum absolute atomic E-state index is 12.8. The van der Waals surface area contributed by atoms with Crippen LogP contribution in [-0.2, 0) is 15.6 Å². The molecular formula is C17H30N4O3S. The Labute approximate surface area is 150 Å². The molecule has 1 saturated heterocycles. The maximum Gasteiger partial charge on any atom is 0.274 e. The van der Waals surface area contributed by atoms with Crippen LogP contribution in [0.5, 0.6) is 0 Å². The minimum Gasteiger partial charge on any atom is -0.337 e. The predicted octanol–water partition coefficient (Wildman–Crippen LogP) is 1.92. The van der Waals surface area contributed by atoms with Gasteiger partial charge in [-0.15, -0.1) is 0 Å². The van der Waals surface area contributed by atoms with Gasteiger partial charge >= 0.3 is 0 Å². The molecule has 1 fully saturated rings. The maximum atomic E-state index is 12.8. The normalized spacial score (nSPS) is 17.3. The van der Waals surface area contributed by atoms with Gasteiger partial charge in [-0.3, -0.25) is 9.48 Å². The fourth-order valence-electron chi connectivity index (χ4n) is 3.11. The van der Waals surface area contributed by atoms with E-state index in [1.807, 2.05) is 10.7 Å². The lowest BCUT2D eigenvalue weighted by atomic mass is 10.0. The number of sulfonamides is 1. The Hall–Kier alpha value is -1.41. The number of carbonyl (C=O) groups is 1. The molecule has 7 nitrogen and oxygen atoms in total. The molecule has 1 aromatic heterocycles. The summed E-state index contributed by atoms with van der Waals surface area (Å²) in [5.41, 5.74) is 1.32. The van der Waals surface area contributed by atoms with Crippen LogP contribution in [0.1, 0.15) is 69.6 Å². The van der Waals surface area contributed by atoms with Gasteiger partial charge in [-0.25, -0.2) is 13.1 Å². The molecule has 142 valence electrons. The smallest absolute Gasteiger partial charge is 0.274 e. The number of nitrogens with zero attached hydrogens (tertiary/aromatic N) is 3. The highest BCUT2D eigenvalue weighted by Gasteiger charge is 2.29. The lowest BCUT2D eigenvalue weighted by Gasteiger charge is -2.31. The molecule has 1 aliphatic rings. The highest BCUT2D eigenvalue weighted by molar-refractivity contribution is 7.88. The van der Waals surface area contributed by atoms with Crippen molar-refractivity contribution < 1.29 is 13.2 Å². The quantitative estimate of drug-likeness (QED) is 0.877. The Balaban J connectivity index is 2.12. The average Bonchev–Trinajstić information content (AvgIpc) is 2.91. The first-order valence-corrected chi connectivity index (χ1v) is 10.6. The molecule has 2 rings (SSSR count). The SMILES string of the molecule is CC(C)c1cc(C(=O)N2CCC(NS(C)(=O)=O)CC2)nn1C(C)(C)C. The van der Waals surface area contributed by atoms with Crippen LogP contribution in [0, 0.1) is 0 Å². The number of nitrogens with one attached hydrogen (secondary N) is 1. The first-order chi connectivity index (χ1) is 11.4. The Bertz CT molecular complexity index is 724. The third-order valence-corrected chi connectivity index (χ3v) is 5.11. The van der Waals surface area contributed by atoms with Gasteiger partial charge in [0.05, 0.1) is 11.8 Å². The van der Waals surface area contributed by atoms with Crippen LogP contribution in [0.15, 0.2) is 6.07 Å². The summed E-state index contributed by atoms with van der Waals surface area (Å²) in [6.45, 7) is 11.5. The fourth-order valence-corrected chi connectivity index (χ4v) is 3.95. The summed E-state index contributed by atoms with van der Waals surface area (Å²) in [6.07, 6.45) is 2.41. The highest BCUT2D eigenvalue weighted by Crippen LogP contribution is 2.24. The van der Waals surface area contributed by atoms with Crippen molar-refractivity contribution in [2.24, 2.45) is 0 Å². The molecule has 0 aliphatic carbocycles. The number of amides is 1. The number of aromatic nitrogens is 2. The van der Waals surface area contributed by atoms with Gasteiger partial charge in [0.25, 0.3) is 5.91 Å². The molecule has 1 aliphatic heterocycles. The Morgan fingerprint density at radius 3 is 2.24 bits per heavy atom. The number of likely N-dealkylation sites (tertiary alicyclic amines) is 1. The van der Waals surface area contributed by atoms with E-state index in [4.69, 9.17) is 0 Å². The third kappa shape index (κ3) is 5.04. The minimum atomic E-state index is -3.21. The molecule has 0 atom stereocenters. The van der Waals surface area contributed by atoms with E-state index >= 15 is 0 Å². The van der Waals surface area contributed by atoms with Crippen molar-refractivity contribution in [3.05, 3.63) is 17.5 Å². The lowest BCUT2D eigenvalue weighted by molar-refractivity contribution is 0.0703. The van der Waals surface area contributed by atoms with Crippen molar-refractivity contribution in [3.63, 3.8) is 0 Å². The van der Waals surface area contributed by atoms with Crippen LogP contribution in [-0.4, -0.2) is 54.4 Å². The van der Waals surface area contributed by atoms with Gasteiger partial charge in [-0.2, -0.15) is 5.10 Å². The van der Waals surface area contributed by atoms with Crippen molar-refractivity contribution in [1.29, 1.82) is 0 Å². The monoisotopic (exact) mass is 370 g/mol. The van der Waals surface area contributed by atoms with Crippen LogP contribution < -0.4 is 4.72 Å². The number of piperidine rings is 1. The van der Waals surface area contributed by atoms with Crippen LogP contribution in [0.25, 0.3) is 0 Å². The largest absolute Gasteiger partial charge is 0.337 e. The zero-order chi connectivity index (χ0) is 19.0. The van der Waals surface area contributed by atoms with E-state index < -0.39 is 10.0 Å². The standard InChI is InChI=1S/C17H30N4O3S/c1-12(2)15-11-14(18-21(15)17(3,4)5)16(22)20-9-7-13(8-10-20)19-25(6,23)24/h11-13,19H,7-10H2,1-6H3. The second-order valence-corrected chi connectivity index (χ2v) is 9.93. The molecule has 0 unspecified atom stereocenters. The highest BCUT2D eigenvalue weighted by atomic mass is 32.2. The van der Waals surface area contributed by atoms with E-state index in [0.29, 0.717) is 31.6 Å². The molecule has 0 radical (unpaired) electrons. The van der Waals surface area contributed by atoms with Crippen molar-refractivity contribution in [2.45, 2.75) is 65.0 Å². The lowest BCUT2D eigenvalue weighted by Crippen LogP contribution is -2.46. The number of rotatable bonds is 4. The molecule has 1 N–H and O–H groups in total. The van der Waals surface area contributed by atoms with Crippen molar-refractivity contribution in [3.8, 4) is 0 Å². The third-order valence-electron chi connectivity index (χ3n) is 4.35. The molecule has 1 amide bonds. The number of hydrogen-bond acceptors (Lipinski definition) is 4. The summed E-state index contributed by atoms with van der Waals surface area (Å²) in [4.78, 5) is 14.6. The van der Waals surface area contributed by atoms with Crippen LogP contribution >= 0.6 is 0 Å². The van der Waals surface area contributed by atoms with E-state index in [2.05, 4.69) is 44.4 Å². The molecule has 0 spiro atoms. The van der Waals surface area contributed by atoms with Gasteiger partial charge < -0.3 is 4.90 Å². The number of hydrogen-bond donors (Lipinski definition) is 1. The number of carbonyl (C=O) groups excluding carboxylic acids is 1. The van der Waals surface area contributed by atoms with E-state index in [-0.39, 0.29) is 23.4 Å². The Morgan fingerprint density at radius 1 is 1.28 bits per heavy atom. The van der Waals surface area contributed by atoms with Gasteiger partial charge in [-0.1, -0.05) is 13.8 Å². The summed E-state index contributed by atoms with van der Waals surface area (Å²) in [5.74, 6) is 0.195. The molecule has 0 bridgehead atoms. The summed E-state index contributed by atoms with van der Waals surface area (Å²) < 4.78 is 27.2. The molecule has 0 saturated carbocycles. The molecular weight excluding hydrogens is 340 g/mol. The van der Waals surface area contributed by atoms with Crippen LogP contribution in [0.4, 0.5) is 0 Å². The second-order valence-electron chi connectivity index (χ2n) is 8.15. The van der Waals surface area contributed by atoms with Gasteiger partial charge in [-0.05, 0) is 45.6 Å². The van der Waals surface area contributed by atoms with Gasteiger partial charge in [0.15, 0.2) is 5.69 Å². The van der Waals surface area contributed by atoms with E-state index in [1.54, 1.807) is 4.90 Å². The Kier molecular flexibility index (Phi) is 5.63. The van der Waals surface area contributed by atoms with Crippen LogP contribution in [0.3, 0.4) is 0 Å². The first kappa shape index (κ1) is 19.9. The molecule has 0 aromatic carbocycles. The van der Waals surface area contributed by atoms with E-state index in [0.717, 1.165) is 11.9 Å². The van der Waals surface area contributed by atoms with Crippen molar-refractivity contribution >= 4 is 15.9 Å². The summed E-state index contributed by atoms with van der Waals surface area (Å²) >= 11 is 0. The second kappa shape index (κ2) is 7.07. The van der Waals surface area contributed by atoms with E-state index in [1.165, 1.54) is 0 Å². The summed E-state index contributed by atoms with van der Waals surface area (Å²) in [7, 11) is -3.21. The topological polar surface area (TPSA) is 84.3 Å². The molecule has 1 aromatic rings.